The Morgan fingerprint density at radius 3 is 2.88 bits per heavy atom. The summed E-state index contributed by atoms with van der Waals surface area (Å²) in [7, 11) is 0. The van der Waals surface area contributed by atoms with Crippen molar-refractivity contribution in [3.63, 3.8) is 0 Å². The third-order valence-corrected chi connectivity index (χ3v) is 2.57. The number of nitrogens with one attached hydrogen (secondary N) is 1. The van der Waals surface area contributed by atoms with E-state index in [-0.39, 0.29) is 5.78 Å². The Balaban J connectivity index is 2.07. The number of nitrogens with zero attached hydrogens (tertiary/aromatic N) is 2. The Morgan fingerprint density at radius 1 is 1.18 bits per heavy atom. The van der Waals surface area contributed by atoms with Gasteiger partial charge in [0, 0.05) is 17.8 Å². The predicted molar refractivity (Wildman–Crippen MR) is 63.8 cm³/mol. The lowest BCUT2D eigenvalue weighted by atomic mass is 10.2. The second kappa shape index (κ2) is 3.83. The fourth-order valence-electron chi connectivity index (χ4n) is 1.73. The Bertz CT molecular complexity index is 640. The number of pyridine rings is 2. The molecule has 0 radical (unpaired) electrons. The number of hydrogen-bond acceptors (Lipinski definition) is 3. The van der Waals surface area contributed by atoms with Crippen LogP contribution in [0.5, 0.6) is 0 Å². The molecule has 82 valence electrons. The quantitative estimate of drug-likeness (QED) is 0.677. The molecule has 0 aromatic carbocycles. The van der Waals surface area contributed by atoms with Crippen molar-refractivity contribution in [2.75, 3.05) is 0 Å². The lowest BCUT2D eigenvalue weighted by Crippen LogP contribution is -2.03. The Labute approximate surface area is 97.3 Å². The third-order valence-electron chi connectivity index (χ3n) is 2.57. The summed E-state index contributed by atoms with van der Waals surface area (Å²) in [5.74, 6) is -0.109. The van der Waals surface area contributed by atoms with Crippen molar-refractivity contribution >= 4 is 16.7 Å². The van der Waals surface area contributed by atoms with Crippen LogP contribution in [0.3, 0.4) is 0 Å². The van der Waals surface area contributed by atoms with Crippen LogP contribution in [0.4, 0.5) is 0 Å². The summed E-state index contributed by atoms with van der Waals surface area (Å²) in [5.41, 5.74) is 1.82. The topological polar surface area (TPSA) is 58.6 Å². The van der Waals surface area contributed by atoms with E-state index >= 15 is 0 Å². The summed E-state index contributed by atoms with van der Waals surface area (Å²) in [4.78, 5) is 23.2. The van der Waals surface area contributed by atoms with Crippen LogP contribution in [0.25, 0.3) is 10.9 Å². The second-order valence-electron chi connectivity index (χ2n) is 3.69. The zero-order chi connectivity index (χ0) is 11.7. The SMILES string of the molecule is O=C(c1ccccn1)c1cc2ccncc2[nH]1. The van der Waals surface area contributed by atoms with Crippen LogP contribution < -0.4 is 0 Å². The molecule has 0 aliphatic rings. The maximum atomic E-state index is 12.1. The average molecular weight is 223 g/mol. The molecule has 0 fully saturated rings. The highest BCUT2D eigenvalue weighted by molar-refractivity contribution is 6.08. The van der Waals surface area contributed by atoms with Gasteiger partial charge in [-0.3, -0.25) is 14.8 Å². The van der Waals surface area contributed by atoms with E-state index in [0.29, 0.717) is 11.4 Å². The minimum absolute atomic E-state index is 0.109. The van der Waals surface area contributed by atoms with Crippen molar-refractivity contribution in [2.45, 2.75) is 0 Å². The minimum atomic E-state index is -0.109. The first-order chi connectivity index (χ1) is 8.34. The van der Waals surface area contributed by atoms with Crippen molar-refractivity contribution in [1.29, 1.82) is 0 Å². The van der Waals surface area contributed by atoms with E-state index in [2.05, 4.69) is 15.0 Å². The number of carbonyl (C=O) groups is 1. The fraction of sp³-hybridized carbons (Fsp3) is 0. The number of fused-ring (bicyclic) bond motifs is 1. The Hall–Kier alpha value is -2.49. The van der Waals surface area contributed by atoms with Gasteiger partial charge in [0.25, 0.3) is 0 Å². The molecule has 3 aromatic rings. The van der Waals surface area contributed by atoms with E-state index < -0.39 is 0 Å². The van der Waals surface area contributed by atoms with E-state index in [1.807, 2.05) is 12.1 Å². The van der Waals surface area contributed by atoms with E-state index in [4.69, 9.17) is 0 Å². The van der Waals surface area contributed by atoms with Gasteiger partial charge in [0.15, 0.2) is 0 Å². The third kappa shape index (κ3) is 1.69. The van der Waals surface area contributed by atoms with Gasteiger partial charge in [-0.1, -0.05) is 6.07 Å². The molecule has 0 bridgehead atoms. The van der Waals surface area contributed by atoms with E-state index in [0.717, 1.165) is 10.9 Å². The molecule has 4 heteroatoms. The van der Waals surface area contributed by atoms with Crippen molar-refractivity contribution in [3.8, 4) is 0 Å². The summed E-state index contributed by atoms with van der Waals surface area (Å²) in [5, 5.41) is 0.972. The normalized spacial score (nSPS) is 10.6. The zero-order valence-electron chi connectivity index (χ0n) is 8.92. The van der Waals surface area contributed by atoms with Crippen LogP contribution in [0.15, 0.2) is 48.9 Å². The van der Waals surface area contributed by atoms with Gasteiger partial charge >= 0.3 is 0 Å². The maximum absolute atomic E-state index is 12.1. The molecule has 17 heavy (non-hydrogen) atoms. The molecule has 0 aliphatic heterocycles. The van der Waals surface area contributed by atoms with Crippen molar-refractivity contribution in [3.05, 3.63) is 60.3 Å². The van der Waals surface area contributed by atoms with Gasteiger partial charge in [0.1, 0.15) is 5.69 Å². The number of ketones is 1. The number of H-pyrrole nitrogens is 1. The van der Waals surface area contributed by atoms with Gasteiger partial charge in [-0.25, -0.2) is 0 Å². The number of hydrogen-bond donors (Lipinski definition) is 1. The smallest absolute Gasteiger partial charge is 0.227 e. The van der Waals surface area contributed by atoms with Crippen LogP contribution in [-0.4, -0.2) is 20.7 Å². The molecule has 0 saturated carbocycles. The standard InChI is InChI=1S/C13H9N3O/c17-13(10-3-1-2-5-15-10)11-7-9-4-6-14-8-12(9)16-11/h1-8,16H. The van der Waals surface area contributed by atoms with Gasteiger partial charge in [-0.15, -0.1) is 0 Å². The first kappa shape index (κ1) is 9.72. The Kier molecular flexibility index (Phi) is 2.19. The number of aromatic amines is 1. The van der Waals surface area contributed by atoms with Crippen LogP contribution in [-0.2, 0) is 0 Å². The van der Waals surface area contributed by atoms with Crippen molar-refractivity contribution in [2.24, 2.45) is 0 Å². The largest absolute Gasteiger partial charge is 0.351 e. The molecular weight excluding hydrogens is 214 g/mol. The van der Waals surface area contributed by atoms with Crippen LogP contribution in [0, 0.1) is 0 Å². The molecule has 0 saturated heterocycles. The number of carbonyl (C=O) groups excluding carboxylic acids is 1. The van der Waals surface area contributed by atoms with E-state index in [9.17, 15) is 4.79 Å². The molecule has 3 aromatic heterocycles. The van der Waals surface area contributed by atoms with Crippen LogP contribution >= 0.6 is 0 Å². The monoisotopic (exact) mass is 223 g/mol. The molecule has 3 rings (SSSR count). The Morgan fingerprint density at radius 2 is 2.12 bits per heavy atom. The molecule has 4 nitrogen and oxygen atoms in total. The maximum Gasteiger partial charge on any atom is 0.227 e. The minimum Gasteiger partial charge on any atom is -0.351 e. The molecule has 0 spiro atoms. The van der Waals surface area contributed by atoms with Crippen LogP contribution in [0.2, 0.25) is 0 Å². The first-order valence-corrected chi connectivity index (χ1v) is 5.23. The highest BCUT2D eigenvalue weighted by atomic mass is 16.1. The lowest BCUT2D eigenvalue weighted by Gasteiger charge is -1.95. The van der Waals surface area contributed by atoms with E-state index in [1.165, 1.54) is 0 Å². The molecular formula is C13H9N3O. The molecule has 0 amide bonds. The summed E-state index contributed by atoms with van der Waals surface area (Å²) in [6.07, 6.45) is 5.01. The molecule has 0 aliphatic carbocycles. The van der Waals surface area contributed by atoms with Crippen molar-refractivity contribution in [1.82, 2.24) is 15.0 Å². The molecule has 0 atom stereocenters. The zero-order valence-corrected chi connectivity index (χ0v) is 8.92. The summed E-state index contributed by atoms with van der Waals surface area (Å²) in [6.45, 7) is 0. The highest BCUT2D eigenvalue weighted by Gasteiger charge is 2.12. The highest BCUT2D eigenvalue weighted by Crippen LogP contribution is 2.15. The average Bonchev–Trinajstić information content (AvgIpc) is 2.82. The molecule has 3 heterocycles. The van der Waals surface area contributed by atoms with Crippen LogP contribution in [0.1, 0.15) is 16.2 Å². The van der Waals surface area contributed by atoms with E-state index in [1.54, 1.807) is 36.8 Å². The second-order valence-corrected chi connectivity index (χ2v) is 3.69. The number of aromatic nitrogens is 3. The first-order valence-electron chi connectivity index (χ1n) is 5.23. The van der Waals surface area contributed by atoms with Gasteiger partial charge < -0.3 is 4.98 Å². The predicted octanol–water partition coefficient (Wildman–Crippen LogP) is 2.19. The van der Waals surface area contributed by atoms with Gasteiger partial charge in [-0.2, -0.15) is 0 Å². The van der Waals surface area contributed by atoms with Gasteiger partial charge in [0.2, 0.25) is 5.78 Å². The molecule has 1 N–H and O–H groups in total. The summed E-state index contributed by atoms with van der Waals surface area (Å²) < 4.78 is 0. The molecule has 0 unspecified atom stereocenters. The van der Waals surface area contributed by atoms with Crippen molar-refractivity contribution < 1.29 is 4.79 Å². The lowest BCUT2D eigenvalue weighted by molar-refractivity contribution is 0.103. The number of rotatable bonds is 2. The fourth-order valence-corrected chi connectivity index (χ4v) is 1.73. The summed E-state index contributed by atoms with van der Waals surface area (Å²) >= 11 is 0. The summed E-state index contributed by atoms with van der Waals surface area (Å²) in [6, 6.07) is 8.96. The van der Waals surface area contributed by atoms with Gasteiger partial charge in [-0.05, 0) is 24.3 Å². The van der Waals surface area contributed by atoms with Gasteiger partial charge in [0.05, 0.1) is 17.4 Å².